The van der Waals surface area contributed by atoms with Crippen LogP contribution in [0.2, 0.25) is 0 Å². The predicted molar refractivity (Wildman–Crippen MR) is 237 cm³/mol. The van der Waals surface area contributed by atoms with Crippen molar-refractivity contribution >= 4 is 55.2 Å². The molecule has 2 nitrogen and oxygen atoms in total. The second-order valence-corrected chi connectivity index (χ2v) is 14.9. The molecular formula is C54H38N2. The minimum Gasteiger partial charge on any atom is -0.310 e. The molecule has 0 N–H and O–H groups in total. The molecular weight excluding hydrogens is 677 g/mol. The van der Waals surface area contributed by atoms with Gasteiger partial charge < -0.3 is 9.47 Å². The average Bonchev–Trinajstić information content (AvgIpc) is 3.83. The topological polar surface area (TPSA) is 8.17 Å². The zero-order valence-electron chi connectivity index (χ0n) is 31.2. The minimum absolute atomic E-state index is 0.463. The molecule has 2 aliphatic rings. The Kier molecular flexibility index (Phi) is 7.17. The Labute approximate surface area is 327 Å². The number of fused-ring (bicyclic) bond motifs is 11. The van der Waals surface area contributed by atoms with E-state index in [2.05, 4.69) is 217 Å². The lowest BCUT2D eigenvalue weighted by Crippen LogP contribution is -2.27. The van der Waals surface area contributed by atoms with E-state index in [1.807, 2.05) is 6.08 Å². The van der Waals surface area contributed by atoms with Gasteiger partial charge >= 0.3 is 0 Å². The van der Waals surface area contributed by atoms with Crippen molar-refractivity contribution in [1.29, 1.82) is 0 Å². The molecule has 1 atom stereocenters. The number of hydrogen-bond acceptors (Lipinski definition) is 1. The molecule has 0 fully saturated rings. The molecule has 2 aliphatic carbocycles. The van der Waals surface area contributed by atoms with Crippen LogP contribution in [0.15, 0.2) is 212 Å². The molecule has 9 aromatic rings. The Balaban J connectivity index is 1.18. The normalized spacial score (nSPS) is 15.6. The van der Waals surface area contributed by atoms with Crippen molar-refractivity contribution in [2.45, 2.75) is 12.3 Å². The van der Waals surface area contributed by atoms with Crippen LogP contribution in [-0.4, -0.2) is 4.57 Å². The van der Waals surface area contributed by atoms with E-state index in [1.54, 1.807) is 0 Å². The van der Waals surface area contributed by atoms with Gasteiger partial charge in [-0.15, -0.1) is 0 Å². The monoisotopic (exact) mass is 714 g/mol. The summed E-state index contributed by atoms with van der Waals surface area (Å²) in [6, 6.07) is 67.0. The van der Waals surface area contributed by atoms with Crippen molar-refractivity contribution in [3.63, 3.8) is 0 Å². The molecule has 264 valence electrons. The van der Waals surface area contributed by atoms with E-state index in [1.165, 1.54) is 82.8 Å². The summed E-state index contributed by atoms with van der Waals surface area (Å²) < 4.78 is 2.45. The second kappa shape index (κ2) is 12.4. The van der Waals surface area contributed by atoms with Crippen molar-refractivity contribution in [2.24, 2.45) is 0 Å². The maximum Gasteiger partial charge on any atom is 0.0722 e. The molecule has 0 saturated carbocycles. The number of aromatic nitrogens is 1. The highest BCUT2D eigenvalue weighted by molar-refractivity contribution is 6.11. The molecule has 1 heterocycles. The zero-order valence-corrected chi connectivity index (χ0v) is 31.2. The molecule has 2 heteroatoms. The lowest BCUT2D eigenvalue weighted by Gasteiger charge is -2.33. The van der Waals surface area contributed by atoms with Crippen LogP contribution >= 0.6 is 0 Å². The van der Waals surface area contributed by atoms with Crippen molar-refractivity contribution in [3.8, 4) is 16.8 Å². The Bertz CT molecular complexity index is 3120. The first-order valence-corrected chi connectivity index (χ1v) is 19.4. The SMILES string of the molecule is C=C/C=C\C1=C(C)c2ccccc2C12c1ccccc1-c1ccc(N(c3ccccc3)c3ccc4c5ccccc5n(-c5cccc6ccccc56)c4c3)cc12. The van der Waals surface area contributed by atoms with Gasteiger partial charge in [0.05, 0.1) is 22.1 Å². The highest BCUT2D eigenvalue weighted by atomic mass is 15.1. The van der Waals surface area contributed by atoms with E-state index in [4.69, 9.17) is 0 Å². The lowest BCUT2D eigenvalue weighted by molar-refractivity contribution is 0.786. The molecule has 1 aromatic heterocycles. The molecule has 0 aliphatic heterocycles. The van der Waals surface area contributed by atoms with E-state index in [-0.39, 0.29) is 0 Å². The first-order valence-electron chi connectivity index (χ1n) is 19.4. The maximum atomic E-state index is 4.06. The first kappa shape index (κ1) is 32.3. The quantitative estimate of drug-likeness (QED) is 0.156. The van der Waals surface area contributed by atoms with Crippen molar-refractivity contribution in [1.82, 2.24) is 4.57 Å². The second-order valence-electron chi connectivity index (χ2n) is 14.9. The van der Waals surface area contributed by atoms with Crippen LogP contribution in [0.4, 0.5) is 17.1 Å². The number of benzene rings is 8. The van der Waals surface area contributed by atoms with Gasteiger partial charge in [0.1, 0.15) is 0 Å². The van der Waals surface area contributed by atoms with Crippen LogP contribution in [0.5, 0.6) is 0 Å². The van der Waals surface area contributed by atoms with Crippen molar-refractivity contribution < 1.29 is 0 Å². The minimum atomic E-state index is -0.463. The summed E-state index contributed by atoms with van der Waals surface area (Å²) in [4.78, 5) is 2.43. The van der Waals surface area contributed by atoms with Gasteiger partial charge in [-0.1, -0.05) is 158 Å². The zero-order chi connectivity index (χ0) is 37.4. The average molecular weight is 715 g/mol. The molecule has 11 rings (SSSR count). The van der Waals surface area contributed by atoms with Crippen LogP contribution in [0.3, 0.4) is 0 Å². The Morgan fingerprint density at radius 1 is 0.500 bits per heavy atom. The van der Waals surface area contributed by atoms with Gasteiger partial charge in [0, 0.05) is 33.2 Å². The Hall–Kier alpha value is -7.16. The van der Waals surface area contributed by atoms with E-state index in [9.17, 15) is 0 Å². The number of hydrogen-bond donors (Lipinski definition) is 0. The summed E-state index contributed by atoms with van der Waals surface area (Å²) in [6.45, 7) is 6.34. The third-order valence-electron chi connectivity index (χ3n) is 12.2. The molecule has 1 spiro atoms. The van der Waals surface area contributed by atoms with Gasteiger partial charge in [-0.3, -0.25) is 0 Å². The lowest BCUT2D eigenvalue weighted by atomic mass is 9.69. The van der Waals surface area contributed by atoms with Crippen LogP contribution in [0.1, 0.15) is 29.2 Å². The van der Waals surface area contributed by atoms with Gasteiger partial charge in [-0.05, 0) is 105 Å². The smallest absolute Gasteiger partial charge is 0.0722 e. The summed E-state index contributed by atoms with van der Waals surface area (Å²) in [5, 5.41) is 4.93. The van der Waals surface area contributed by atoms with E-state index >= 15 is 0 Å². The van der Waals surface area contributed by atoms with Gasteiger partial charge in [-0.25, -0.2) is 0 Å². The number of rotatable bonds is 6. The standard InChI is InChI=1S/C54H38N2/c1-3-4-25-47-36(2)41-21-10-13-26-48(41)54(47)49-27-14-11-23-43(49)44-32-30-39(34-50(44)54)55(38-19-6-5-7-20-38)40-31-33-46-45-24-12-15-28-52(45)56(53(46)35-40)51-29-16-18-37-17-8-9-22-42(37)51/h3-35H,1H2,2H3/b25-4-. The maximum absolute atomic E-state index is 4.06. The molecule has 0 bridgehead atoms. The highest BCUT2D eigenvalue weighted by Gasteiger charge is 2.51. The molecule has 1 unspecified atom stereocenters. The summed E-state index contributed by atoms with van der Waals surface area (Å²) in [6.07, 6.45) is 6.27. The third kappa shape index (κ3) is 4.44. The summed E-state index contributed by atoms with van der Waals surface area (Å²) in [7, 11) is 0. The fraction of sp³-hybridized carbons (Fsp3) is 0.0370. The van der Waals surface area contributed by atoms with Crippen molar-refractivity contribution in [3.05, 3.63) is 235 Å². The van der Waals surface area contributed by atoms with Crippen LogP contribution < -0.4 is 4.90 Å². The van der Waals surface area contributed by atoms with Crippen LogP contribution in [0.25, 0.3) is 55.0 Å². The van der Waals surface area contributed by atoms with Gasteiger partial charge in [0.2, 0.25) is 0 Å². The molecule has 56 heavy (non-hydrogen) atoms. The fourth-order valence-corrected chi connectivity index (χ4v) is 9.89. The molecule has 0 amide bonds. The Morgan fingerprint density at radius 2 is 1.12 bits per heavy atom. The van der Waals surface area contributed by atoms with E-state index in [0.29, 0.717) is 0 Å². The fourth-order valence-electron chi connectivity index (χ4n) is 9.89. The van der Waals surface area contributed by atoms with E-state index < -0.39 is 5.41 Å². The number of nitrogens with zero attached hydrogens (tertiary/aromatic N) is 2. The number of anilines is 3. The first-order chi connectivity index (χ1) is 27.7. The van der Waals surface area contributed by atoms with Crippen molar-refractivity contribution in [2.75, 3.05) is 4.90 Å². The molecule has 8 aromatic carbocycles. The largest absolute Gasteiger partial charge is 0.310 e. The van der Waals surface area contributed by atoms with Crippen LogP contribution in [0, 0.1) is 0 Å². The summed E-state index contributed by atoms with van der Waals surface area (Å²) in [5.41, 5.74) is 16.8. The Morgan fingerprint density at radius 3 is 1.96 bits per heavy atom. The molecule has 0 saturated heterocycles. The van der Waals surface area contributed by atoms with Gasteiger partial charge in [-0.2, -0.15) is 0 Å². The van der Waals surface area contributed by atoms with E-state index in [0.717, 1.165) is 17.1 Å². The summed E-state index contributed by atoms with van der Waals surface area (Å²) in [5.74, 6) is 0. The summed E-state index contributed by atoms with van der Waals surface area (Å²) >= 11 is 0. The highest BCUT2D eigenvalue weighted by Crippen LogP contribution is 2.62. The van der Waals surface area contributed by atoms with Crippen LogP contribution in [-0.2, 0) is 5.41 Å². The number of para-hydroxylation sites is 2. The van der Waals surface area contributed by atoms with Gasteiger partial charge in [0.15, 0.2) is 0 Å². The number of allylic oxidation sites excluding steroid dienone is 5. The van der Waals surface area contributed by atoms with Gasteiger partial charge in [0.25, 0.3) is 0 Å². The molecule has 0 radical (unpaired) electrons. The third-order valence-corrected chi connectivity index (χ3v) is 12.2. The predicted octanol–water partition coefficient (Wildman–Crippen LogP) is 14.3.